The quantitative estimate of drug-likeness (QED) is 0.360. The van der Waals surface area contributed by atoms with Crippen molar-refractivity contribution in [2.75, 3.05) is 0 Å². The van der Waals surface area contributed by atoms with Gasteiger partial charge in [0.25, 0.3) is 0 Å². The Labute approximate surface area is 91.6 Å². The number of hydrogen-bond acceptors (Lipinski definition) is 2. The Bertz CT molecular complexity index is 228. The first-order chi connectivity index (χ1) is 7.27. The van der Waals surface area contributed by atoms with Crippen molar-refractivity contribution < 1.29 is 9.90 Å². The fourth-order valence-corrected chi connectivity index (χ4v) is 1.34. The van der Waals surface area contributed by atoms with Crippen LogP contribution in [0.5, 0.6) is 0 Å². The molecule has 0 spiro atoms. The molecule has 0 bridgehead atoms. The number of hydrogen-bond donors (Lipinski definition) is 1. The van der Waals surface area contributed by atoms with E-state index in [9.17, 15) is 4.79 Å². The highest BCUT2D eigenvalue weighted by Gasteiger charge is 1.95. The fraction of sp³-hybridized carbons (Fsp3) is 0.667. The lowest BCUT2D eigenvalue weighted by Crippen LogP contribution is -1.93. The molecule has 1 N–H and O–H groups in total. The lowest BCUT2D eigenvalue weighted by Gasteiger charge is -1.98. The summed E-state index contributed by atoms with van der Waals surface area (Å²) in [6, 6.07) is 2.21. The van der Waals surface area contributed by atoms with Gasteiger partial charge in [-0.15, -0.1) is 0 Å². The Kier molecular flexibility index (Phi) is 9.84. The van der Waals surface area contributed by atoms with E-state index >= 15 is 0 Å². The van der Waals surface area contributed by atoms with Crippen LogP contribution in [0, 0.1) is 12.5 Å². The topological polar surface area (TPSA) is 49.7 Å². The highest BCUT2D eigenvalue weighted by atomic mass is 16.4. The molecular formula is C12H19NO2. The standard InChI is InChI=1S/C12H19NO2/c1-2-13-11-9-7-5-3-4-6-8-10-12(14)15/h1,11H,3-10H2,(H,14,15)/b13-11-. The maximum absolute atomic E-state index is 10.2. The zero-order valence-corrected chi connectivity index (χ0v) is 9.11. The van der Waals surface area contributed by atoms with E-state index in [2.05, 4.69) is 11.0 Å². The van der Waals surface area contributed by atoms with Gasteiger partial charge in [-0.1, -0.05) is 32.1 Å². The minimum absolute atomic E-state index is 0.300. The average molecular weight is 209 g/mol. The van der Waals surface area contributed by atoms with Crippen LogP contribution in [0.15, 0.2) is 4.99 Å². The summed E-state index contributed by atoms with van der Waals surface area (Å²) < 4.78 is 0. The van der Waals surface area contributed by atoms with Crippen molar-refractivity contribution in [2.24, 2.45) is 4.99 Å². The largest absolute Gasteiger partial charge is 0.481 e. The number of carbonyl (C=O) groups is 1. The van der Waals surface area contributed by atoms with Gasteiger partial charge >= 0.3 is 5.97 Å². The minimum Gasteiger partial charge on any atom is -0.481 e. The van der Waals surface area contributed by atoms with Crippen molar-refractivity contribution in [3.63, 3.8) is 0 Å². The van der Waals surface area contributed by atoms with E-state index < -0.39 is 5.97 Å². The lowest BCUT2D eigenvalue weighted by atomic mass is 10.1. The molecule has 0 fully saturated rings. The van der Waals surface area contributed by atoms with Gasteiger partial charge in [0.2, 0.25) is 0 Å². The second-order valence-electron chi connectivity index (χ2n) is 3.49. The molecule has 0 aliphatic carbocycles. The van der Waals surface area contributed by atoms with Crippen LogP contribution in [0.4, 0.5) is 0 Å². The molecule has 0 saturated heterocycles. The molecule has 0 radical (unpaired) electrons. The number of terminal acetylenes is 1. The van der Waals surface area contributed by atoms with Gasteiger partial charge in [-0.25, -0.2) is 4.99 Å². The summed E-state index contributed by atoms with van der Waals surface area (Å²) in [5, 5.41) is 8.41. The van der Waals surface area contributed by atoms with E-state index in [1.807, 2.05) is 0 Å². The van der Waals surface area contributed by atoms with Gasteiger partial charge in [-0.2, -0.15) is 0 Å². The summed E-state index contributed by atoms with van der Waals surface area (Å²) in [6.45, 7) is 0. The second-order valence-corrected chi connectivity index (χ2v) is 3.49. The highest BCUT2D eigenvalue weighted by molar-refractivity contribution is 5.66. The van der Waals surface area contributed by atoms with Crippen molar-refractivity contribution in [3.8, 4) is 12.5 Å². The zero-order valence-electron chi connectivity index (χ0n) is 9.11. The average Bonchev–Trinajstić information content (AvgIpc) is 2.20. The third-order valence-corrected chi connectivity index (χ3v) is 2.14. The minimum atomic E-state index is -0.694. The summed E-state index contributed by atoms with van der Waals surface area (Å²) in [5.41, 5.74) is 0. The van der Waals surface area contributed by atoms with E-state index in [1.165, 1.54) is 12.8 Å². The molecule has 0 rings (SSSR count). The van der Waals surface area contributed by atoms with E-state index in [1.54, 1.807) is 6.21 Å². The van der Waals surface area contributed by atoms with Crippen molar-refractivity contribution in [1.82, 2.24) is 0 Å². The first-order valence-corrected chi connectivity index (χ1v) is 5.46. The van der Waals surface area contributed by atoms with Crippen molar-refractivity contribution in [2.45, 2.75) is 51.4 Å². The van der Waals surface area contributed by atoms with Crippen LogP contribution in [0.1, 0.15) is 51.4 Å². The van der Waals surface area contributed by atoms with Gasteiger partial charge in [0.1, 0.15) is 0 Å². The Hall–Kier alpha value is -1.30. The molecule has 84 valence electrons. The Morgan fingerprint density at radius 1 is 1.20 bits per heavy atom. The van der Waals surface area contributed by atoms with Gasteiger partial charge < -0.3 is 5.11 Å². The zero-order chi connectivity index (χ0) is 11.4. The molecule has 0 saturated carbocycles. The predicted molar refractivity (Wildman–Crippen MR) is 61.9 cm³/mol. The van der Waals surface area contributed by atoms with Crippen LogP contribution in [0.25, 0.3) is 0 Å². The van der Waals surface area contributed by atoms with Crippen LogP contribution in [0.3, 0.4) is 0 Å². The number of rotatable bonds is 9. The Morgan fingerprint density at radius 3 is 2.40 bits per heavy atom. The summed E-state index contributed by atoms with van der Waals surface area (Å²) in [4.78, 5) is 13.9. The molecule has 15 heavy (non-hydrogen) atoms. The van der Waals surface area contributed by atoms with Crippen LogP contribution < -0.4 is 0 Å². The van der Waals surface area contributed by atoms with Crippen molar-refractivity contribution >= 4 is 12.2 Å². The first kappa shape index (κ1) is 13.7. The van der Waals surface area contributed by atoms with Gasteiger partial charge in [-0.3, -0.25) is 4.79 Å². The molecule has 3 nitrogen and oxygen atoms in total. The van der Waals surface area contributed by atoms with E-state index in [0.717, 1.165) is 32.1 Å². The van der Waals surface area contributed by atoms with E-state index in [-0.39, 0.29) is 0 Å². The SMILES string of the molecule is C#C/N=C\CCCCCCCCC(=O)O. The predicted octanol–water partition coefficient (Wildman–Crippen LogP) is 2.85. The number of carboxylic acid groups (broad SMARTS) is 1. The molecule has 0 heterocycles. The van der Waals surface area contributed by atoms with Gasteiger partial charge in [0.15, 0.2) is 0 Å². The fourth-order valence-electron chi connectivity index (χ4n) is 1.34. The monoisotopic (exact) mass is 209 g/mol. The Morgan fingerprint density at radius 2 is 1.80 bits per heavy atom. The molecule has 0 aromatic carbocycles. The smallest absolute Gasteiger partial charge is 0.303 e. The van der Waals surface area contributed by atoms with Crippen LogP contribution in [0.2, 0.25) is 0 Å². The molecule has 0 atom stereocenters. The first-order valence-electron chi connectivity index (χ1n) is 5.46. The third kappa shape index (κ3) is 12.7. The number of aliphatic imine (C=N–C) groups is 1. The van der Waals surface area contributed by atoms with Crippen molar-refractivity contribution in [3.05, 3.63) is 0 Å². The van der Waals surface area contributed by atoms with Gasteiger partial charge in [0.05, 0.1) is 0 Å². The summed E-state index contributed by atoms with van der Waals surface area (Å²) in [5.74, 6) is -0.694. The molecule has 0 aliphatic heterocycles. The molecule has 0 amide bonds. The maximum Gasteiger partial charge on any atom is 0.303 e. The number of unbranched alkanes of at least 4 members (excludes halogenated alkanes) is 6. The number of nitrogens with zero attached hydrogens (tertiary/aromatic N) is 1. The second kappa shape index (κ2) is 10.8. The molecule has 0 aromatic rings. The number of aliphatic carboxylic acids is 1. The molecule has 0 unspecified atom stereocenters. The molecule has 0 aliphatic rings. The van der Waals surface area contributed by atoms with Gasteiger partial charge in [-0.05, 0) is 19.3 Å². The van der Waals surface area contributed by atoms with Gasteiger partial charge in [0, 0.05) is 18.7 Å². The van der Waals surface area contributed by atoms with E-state index in [4.69, 9.17) is 11.5 Å². The highest BCUT2D eigenvalue weighted by Crippen LogP contribution is 2.07. The number of carboxylic acids is 1. The van der Waals surface area contributed by atoms with E-state index in [0.29, 0.717) is 6.42 Å². The summed E-state index contributed by atoms with van der Waals surface area (Å²) in [7, 11) is 0. The maximum atomic E-state index is 10.2. The summed E-state index contributed by atoms with van der Waals surface area (Å²) >= 11 is 0. The van der Waals surface area contributed by atoms with Crippen LogP contribution in [-0.2, 0) is 4.79 Å². The molecule has 0 aromatic heterocycles. The summed E-state index contributed by atoms with van der Waals surface area (Å²) in [6.07, 6.45) is 14.4. The van der Waals surface area contributed by atoms with Crippen molar-refractivity contribution in [1.29, 1.82) is 0 Å². The molecular weight excluding hydrogens is 190 g/mol. The Balaban J connectivity index is 3.02. The third-order valence-electron chi connectivity index (χ3n) is 2.14. The van der Waals surface area contributed by atoms with Crippen LogP contribution in [-0.4, -0.2) is 17.3 Å². The normalized spacial score (nSPS) is 10.3. The lowest BCUT2D eigenvalue weighted by molar-refractivity contribution is -0.137. The van der Waals surface area contributed by atoms with Crippen LogP contribution >= 0.6 is 0 Å². The molecule has 3 heteroatoms.